The first-order chi connectivity index (χ1) is 12.6. The molecule has 3 rings (SSSR count). The molecule has 1 aliphatic rings. The molecule has 0 aromatic heterocycles. The van der Waals surface area contributed by atoms with E-state index in [1.165, 1.54) is 17.5 Å². The second-order valence-electron chi connectivity index (χ2n) is 6.18. The minimum Gasteiger partial charge on any atom is -0.493 e. The molecule has 0 atom stereocenters. The van der Waals surface area contributed by atoms with Crippen molar-refractivity contribution in [1.82, 2.24) is 5.32 Å². The second kappa shape index (κ2) is 7.99. The summed E-state index contributed by atoms with van der Waals surface area (Å²) in [5.41, 5.74) is 4.37. The van der Waals surface area contributed by atoms with E-state index in [4.69, 9.17) is 14.2 Å². The minimum absolute atomic E-state index is 0.253. The molecule has 2 N–H and O–H groups in total. The maximum atomic E-state index is 12.2. The summed E-state index contributed by atoms with van der Waals surface area (Å²) in [6.45, 7) is 0.341. The molecule has 2 aromatic carbocycles. The summed E-state index contributed by atoms with van der Waals surface area (Å²) >= 11 is 0. The largest absolute Gasteiger partial charge is 0.493 e. The molecular weight excluding hydrogens is 332 g/mol. The van der Waals surface area contributed by atoms with E-state index in [2.05, 4.69) is 22.8 Å². The molecule has 1 aliphatic carbocycles. The fourth-order valence-corrected chi connectivity index (χ4v) is 3.24. The molecule has 0 heterocycles. The number of carbonyl (C=O) groups is 1. The Kier molecular flexibility index (Phi) is 5.51. The molecule has 2 aromatic rings. The maximum Gasteiger partial charge on any atom is 0.319 e. The van der Waals surface area contributed by atoms with Crippen molar-refractivity contribution in [2.45, 2.75) is 25.8 Å². The Balaban J connectivity index is 1.64. The third-order valence-electron chi connectivity index (χ3n) is 4.53. The molecule has 0 saturated heterocycles. The standard InChI is InChI=1S/C20H24N2O4/c1-24-17-9-13(10-18(25-2)19(17)26-3)12-21-20(23)22-16-8-7-14-5-4-6-15(14)11-16/h7-11H,4-6,12H2,1-3H3,(H2,21,22,23). The van der Waals surface area contributed by atoms with Crippen LogP contribution >= 0.6 is 0 Å². The van der Waals surface area contributed by atoms with Crippen LogP contribution in [0.15, 0.2) is 30.3 Å². The van der Waals surface area contributed by atoms with Gasteiger partial charge in [-0.2, -0.15) is 0 Å². The number of hydrogen-bond donors (Lipinski definition) is 2. The van der Waals surface area contributed by atoms with Crippen molar-refractivity contribution in [2.75, 3.05) is 26.6 Å². The van der Waals surface area contributed by atoms with Crippen LogP contribution in [0.4, 0.5) is 10.5 Å². The molecule has 0 saturated carbocycles. The van der Waals surface area contributed by atoms with Crippen LogP contribution in [-0.4, -0.2) is 27.4 Å². The van der Waals surface area contributed by atoms with Gasteiger partial charge in [-0.1, -0.05) is 6.07 Å². The average molecular weight is 356 g/mol. The number of aryl methyl sites for hydroxylation is 2. The SMILES string of the molecule is COc1cc(CNC(=O)Nc2ccc3c(c2)CCC3)cc(OC)c1OC. The van der Waals surface area contributed by atoms with Crippen LogP contribution in [0.25, 0.3) is 0 Å². The number of hydrogen-bond acceptors (Lipinski definition) is 4. The molecule has 0 unspecified atom stereocenters. The van der Waals surface area contributed by atoms with Crippen molar-refractivity contribution in [3.8, 4) is 17.2 Å². The Bertz CT molecular complexity index is 779. The number of amides is 2. The molecule has 2 amide bonds. The molecule has 6 heteroatoms. The number of anilines is 1. The van der Waals surface area contributed by atoms with Gasteiger partial charge in [0.15, 0.2) is 11.5 Å². The summed E-state index contributed by atoms with van der Waals surface area (Å²) in [6.07, 6.45) is 3.40. The highest BCUT2D eigenvalue weighted by molar-refractivity contribution is 5.89. The molecule has 0 aliphatic heterocycles. The lowest BCUT2D eigenvalue weighted by Crippen LogP contribution is -2.28. The lowest BCUT2D eigenvalue weighted by Gasteiger charge is -2.15. The van der Waals surface area contributed by atoms with E-state index >= 15 is 0 Å². The van der Waals surface area contributed by atoms with Gasteiger partial charge in [-0.05, 0) is 60.2 Å². The van der Waals surface area contributed by atoms with Crippen LogP contribution in [0.5, 0.6) is 17.2 Å². The lowest BCUT2D eigenvalue weighted by molar-refractivity contribution is 0.251. The predicted molar refractivity (Wildman–Crippen MR) is 100 cm³/mol. The second-order valence-corrected chi connectivity index (χ2v) is 6.18. The first kappa shape index (κ1) is 17.9. The molecular formula is C20H24N2O4. The highest BCUT2D eigenvalue weighted by atomic mass is 16.5. The van der Waals surface area contributed by atoms with Gasteiger partial charge in [0.05, 0.1) is 21.3 Å². The van der Waals surface area contributed by atoms with Crippen LogP contribution < -0.4 is 24.8 Å². The van der Waals surface area contributed by atoms with Gasteiger partial charge in [0.25, 0.3) is 0 Å². The van der Waals surface area contributed by atoms with Crippen LogP contribution in [-0.2, 0) is 19.4 Å². The molecule has 0 spiro atoms. The number of fused-ring (bicyclic) bond motifs is 1. The van der Waals surface area contributed by atoms with E-state index in [1.807, 2.05) is 18.2 Å². The molecule has 0 fully saturated rings. The van der Waals surface area contributed by atoms with Crippen molar-refractivity contribution in [1.29, 1.82) is 0 Å². The number of methoxy groups -OCH3 is 3. The monoisotopic (exact) mass is 356 g/mol. The topological polar surface area (TPSA) is 68.8 Å². The zero-order valence-corrected chi connectivity index (χ0v) is 15.3. The summed E-state index contributed by atoms with van der Waals surface area (Å²) in [4.78, 5) is 12.2. The summed E-state index contributed by atoms with van der Waals surface area (Å²) in [6, 6.07) is 9.48. The summed E-state index contributed by atoms with van der Waals surface area (Å²) in [7, 11) is 4.69. The Labute approximate surface area is 153 Å². The Morgan fingerprint density at radius 2 is 1.65 bits per heavy atom. The van der Waals surface area contributed by atoms with Crippen molar-refractivity contribution in [3.05, 3.63) is 47.0 Å². The van der Waals surface area contributed by atoms with Crippen LogP contribution in [0.3, 0.4) is 0 Å². The highest BCUT2D eigenvalue weighted by Crippen LogP contribution is 2.38. The van der Waals surface area contributed by atoms with E-state index in [0.717, 1.165) is 24.1 Å². The molecule has 6 nitrogen and oxygen atoms in total. The minimum atomic E-state index is -0.253. The van der Waals surface area contributed by atoms with Crippen LogP contribution in [0.1, 0.15) is 23.1 Å². The van der Waals surface area contributed by atoms with Gasteiger partial charge in [-0.25, -0.2) is 4.79 Å². The molecule has 26 heavy (non-hydrogen) atoms. The van der Waals surface area contributed by atoms with Gasteiger partial charge in [-0.15, -0.1) is 0 Å². The number of benzene rings is 2. The van der Waals surface area contributed by atoms with Crippen molar-refractivity contribution < 1.29 is 19.0 Å². The Morgan fingerprint density at radius 3 is 2.31 bits per heavy atom. The van der Waals surface area contributed by atoms with E-state index in [0.29, 0.717) is 23.8 Å². The third-order valence-corrected chi connectivity index (χ3v) is 4.53. The van der Waals surface area contributed by atoms with Crippen molar-refractivity contribution in [3.63, 3.8) is 0 Å². The first-order valence-electron chi connectivity index (χ1n) is 8.60. The van der Waals surface area contributed by atoms with E-state index in [9.17, 15) is 4.79 Å². The van der Waals surface area contributed by atoms with Gasteiger partial charge >= 0.3 is 6.03 Å². The zero-order chi connectivity index (χ0) is 18.5. The molecule has 0 radical (unpaired) electrons. The average Bonchev–Trinajstić information content (AvgIpc) is 3.13. The van der Waals surface area contributed by atoms with Gasteiger partial charge in [0.2, 0.25) is 5.75 Å². The normalized spacial score (nSPS) is 12.3. The summed E-state index contributed by atoms with van der Waals surface area (Å²) in [5.74, 6) is 1.65. The fourth-order valence-electron chi connectivity index (χ4n) is 3.24. The number of carbonyl (C=O) groups excluding carboxylic acids is 1. The zero-order valence-electron chi connectivity index (χ0n) is 15.3. The number of ether oxygens (including phenoxy) is 3. The quantitative estimate of drug-likeness (QED) is 0.831. The van der Waals surface area contributed by atoms with Crippen molar-refractivity contribution in [2.24, 2.45) is 0 Å². The number of urea groups is 1. The van der Waals surface area contributed by atoms with Crippen LogP contribution in [0, 0.1) is 0 Å². The number of rotatable bonds is 6. The van der Waals surface area contributed by atoms with Crippen LogP contribution in [0.2, 0.25) is 0 Å². The van der Waals surface area contributed by atoms with Crippen molar-refractivity contribution >= 4 is 11.7 Å². The fraction of sp³-hybridized carbons (Fsp3) is 0.350. The van der Waals surface area contributed by atoms with Gasteiger partial charge < -0.3 is 24.8 Å². The Morgan fingerprint density at radius 1 is 0.962 bits per heavy atom. The van der Waals surface area contributed by atoms with Gasteiger partial charge in [0.1, 0.15) is 0 Å². The number of nitrogens with one attached hydrogen (secondary N) is 2. The first-order valence-corrected chi connectivity index (χ1v) is 8.60. The van der Waals surface area contributed by atoms with E-state index < -0.39 is 0 Å². The summed E-state index contributed by atoms with van der Waals surface area (Å²) < 4.78 is 16.0. The smallest absolute Gasteiger partial charge is 0.319 e. The van der Waals surface area contributed by atoms with E-state index in [1.54, 1.807) is 21.3 Å². The van der Waals surface area contributed by atoms with Gasteiger partial charge in [0, 0.05) is 12.2 Å². The highest BCUT2D eigenvalue weighted by Gasteiger charge is 2.14. The molecule has 0 bridgehead atoms. The van der Waals surface area contributed by atoms with E-state index in [-0.39, 0.29) is 6.03 Å². The molecule has 138 valence electrons. The summed E-state index contributed by atoms with van der Waals surface area (Å²) in [5, 5.41) is 5.74. The maximum absolute atomic E-state index is 12.2. The van der Waals surface area contributed by atoms with Gasteiger partial charge in [-0.3, -0.25) is 0 Å². The Hall–Kier alpha value is -2.89. The lowest BCUT2D eigenvalue weighted by atomic mass is 10.1. The predicted octanol–water partition coefficient (Wildman–Crippen LogP) is 3.52. The third kappa shape index (κ3) is 3.85.